The lowest BCUT2D eigenvalue weighted by molar-refractivity contribution is 0.209. The van der Waals surface area contributed by atoms with Gasteiger partial charge in [-0.15, -0.1) is 0 Å². The number of hydrazine groups is 1. The molecule has 1 aromatic rings. The summed E-state index contributed by atoms with van der Waals surface area (Å²) in [6.45, 7) is 4.16. The van der Waals surface area contributed by atoms with E-state index in [1.807, 2.05) is 24.2 Å². The maximum Gasteiger partial charge on any atom is 0.128 e. The minimum absolute atomic E-state index is 0.0998. The largest absolute Gasteiger partial charge is 0.334 e. The molecule has 2 unspecified atom stereocenters. The van der Waals surface area contributed by atoms with Gasteiger partial charge in [-0.25, -0.2) is 10.4 Å². The zero-order valence-electron chi connectivity index (χ0n) is 10.5. The van der Waals surface area contributed by atoms with E-state index in [-0.39, 0.29) is 6.04 Å². The molecule has 1 fully saturated rings. The van der Waals surface area contributed by atoms with Crippen LogP contribution in [-0.2, 0) is 6.54 Å². The van der Waals surface area contributed by atoms with E-state index in [1.54, 1.807) is 0 Å². The number of aromatic nitrogens is 2. The Hall–Kier alpha value is -0.560. The van der Waals surface area contributed by atoms with Gasteiger partial charge in [0.1, 0.15) is 5.82 Å². The Labute approximate surface area is 107 Å². The Bertz CT molecular complexity index is 353. The van der Waals surface area contributed by atoms with Crippen molar-refractivity contribution in [2.45, 2.75) is 25.6 Å². The Morgan fingerprint density at radius 1 is 1.71 bits per heavy atom. The van der Waals surface area contributed by atoms with Crippen LogP contribution in [0.15, 0.2) is 12.4 Å². The summed E-state index contributed by atoms with van der Waals surface area (Å²) in [5, 5.41) is 0. The van der Waals surface area contributed by atoms with Crippen molar-refractivity contribution in [1.82, 2.24) is 19.9 Å². The van der Waals surface area contributed by atoms with Crippen LogP contribution in [0.4, 0.5) is 0 Å². The van der Waals surface area contributed by atoms with Crippen LogP contribution in [0.1, 0.15) is 18.8 Å². The number of aryl methyl sites for hydroxylation is 1. The van der Waals surface area contributed by atoms with Gasteiger partial charge in [0.25, 0.3) is 0 Å². The van der Waals surface area contributed by atoms with E-state index < -0.39 is 0 Å². The highest BCUT2D eigenvalue weighted by atomic mass is 32.2. The van der Waals surface area contributed by atoms with Crippen molar-refractivity contribution < 1.29 is 0 Å². The fourth-order valence-corrected chi connectivity index (χ4v) is 3.55. The molecule has 6 heteroatoms. The molecule has 2 heterocycles. The molecule has 96 valence electrons. The molecular formula is C11H21N5S. The van der Waals surface area contributed by atoms with Crippen molar-refractivity contribution in [1.29, 1.82) is 0 Å². The van der Waals surface area contributed by atoms with Crippen LogP contribution in [0.3, 0.4) is 0 Å². The second-order valence-electron chi connectivity index (χ2n) is 4.34. The Balaban J connectivity index is 2.20. The lowest BCUT2D eigenvalue weighted by Gasteiger charge is -2.37. The van der Waals surface area contributed by atoms with E-state index in [1.165, 1.54) is 5.75 Å². The summed E-state index contributed by atoms with van der Waals surface area (Å²) in [4.78, 5) is 6.82. The van der Waals surface area contributed by atoms with Gasteiger partial charge < -0.3 is 4.57 Å². The van der Waals surface area contributed by atoms with Crippen LogP contribution in [-0.4, -0.2) is 45.6 Å². The average molecular weight is 255 g/mol. The molecule has 1 saturated heterocycles. The van der Waals surface area contributed by atoms with Crippen LogP contribution in [0.25, 0.3) is 0 Å². The number of hydrogen-bond acceptors (Lipinski definition) is 5. The molecule has 0 saturated carbocycles. The summed E-state index contributed by atoms with van der Waals surface area (Å²) in [6, 6.07) is 0.509. The third-order valence-electron chi connectivity index (χ3n) is 3.37. The molecule has 3 N–H and O–H groups in total. The van der Waals surface area contributed by atoms with Crippen molar-refractivity contribution in [2.75, 3.05) is 25.1 Å². The lowest BCUT2D eigenvalue weighted by atomic mass is 10.1. The van der Waals surface area contributed by atoms with Crippen molar-refractivity contribution in [3.63, 3.8) is 0 Å². The highest BCUT2D eigenvalue weighted by Crippen LogP contribution is 2.25. The molecule has 5 nitrogen and oxygen atoms in total. The molecule has 0 bridgehead atoms. The van der Waals surface area contributed by atoms with Crippen LogP contribution in [0, 0.1) is 0 Å². The maximum absolute atomic E-state index is 5.74. The summed E-state index contributed by atoms with van der Waals surface area (Å²) in [7, 11) is 2.16. The van der Waals surface area contributed by atoms with Gasteiger partial charge in [-0.05, 0) is 14.0 Å². The fourth-order valence-electron chi connectivity index (χ4n) is 2.28. The predicted molar refractivity (Wildman–Crippen MR) is 71.7 cm³/mol. The van der Waals surface area contributed by atoms with Crippen molar-refractivity contribution in [3.8, 4) is 0 Å². The van der Waals surface area contributed by atoms with Crippen molar-refractivity contribution >= 4 is 11.8 Å². The van der Waals surface area contributed by atoms with Crippen LogP contribution >= 0.6 is 11.8 Å². The van der Waals surface area contributed by atoms with E-state index in [4.69, 9.17) is 5.84 Å². The minimum Gasteiger partial charge on any atom is -0.334 e. The number of nitrogens with two attached hydrogens (primary N) is 1. The third kappa shape index (κ3) is 2.65. The number of nitrogens with one attached hydrogen (secondary N) is 1. The molecule has 2 atom stereocenters. The Morgan fingerprint density at radius 2 is 2.53 bits per heavy atom. The Kier molecular flexibility index (Phi) is 4.44. The second kappa shape index (κ2) is 5.86. The first-order valence-corrected chi connectivity index (χ1v) is 7.18. The second-order valence-corrected chi connectivity index (χ2v) is 5.49. The lowest BCUT2D eigenvalue weighted by Crippen LogP contribution is -2.50. The third-order valence-corrected chi connectivity index (χ3v) is 4.42. The molecule has 0 spiro atoms. The van der Waals surface area contributed by atoms with Gasteiger partial charge in [0.05, 0.1) is 6.04 Å². The number of nitrogens with zero attached hydrogens (tertiary/aromatic N) is 3. The van der Waals surface area contributed by atoms with E-state index in [0.29, 0.717) is 6.04 Å². The highest BCUT2D eigenvalue weighted by Gasteiger charge is 2.30. The summed E-state index contributed by atoms with van der Waals surface area (Å²) < 4.78 is 2.15. The molecule has 1 aliphatic heterocycles. The fraction of sp³-hybridized carbons (Fsp3) is 0.727. The smallest absolute Gasteiger partial charge is 0.128 e. The van der Waals surface area contributed by atoms with E-state index >= 15 is 0 Å². The summed E-state index contributed by atoms with van der Waals surface area (Å²) in [5.74, 6) is 9.08. The van der Waals surface area contributed by atoms with Crippen LogP contribution in [0.2, 0.25) is 0 Å². The van der Waals surface area contributed by atoms with Gasteiger partial charge in [0, 0.05) is 43.0 Å². The van der Waals surface area contributed by atoms with E-state index in [0.717, 1.165) is 24.7 Å². The van der Waals surface area contributed by atoms with Crippen LogP contribution in [0.5, 0.6) is 0 Å². The number of thioether (sulfide) groups is 1. The Morgan fingerprint density at radius 3 is 3.18 bits per heavy atom. The molecule has 2 rings (SSSR count). The van der Waals surface area contributed by atoms with E-state index in [9.17, 15) is 0 Å². The zero-order chi connectivity index (χ0) is 12.3. The normalized spacial score (nSPS) is 23.8. The molecule has 0 aliphatic carbocycles. The van der Waals surface area contributed by atoms with Gasteiger partial charge in [0.15, 0.2) is 0 Å². The van der Waals surface area contributed by atoms with Gasteiger partial charge in [-0.2, -0.15) is 11.8 Å². The summed E-state index contributed by atoms with van der Waals surface area (Å²) >= 11 is 1.99. The summed E-state index contributed by atoms with van der Waals surface area (Å²) in [5.41, 5.74) is 2.94. The SMILES string of the molecule is CCn1ccnc1C(NN)C1CSCCN1C. The first-order valence-electron chi connectivity index (χ1n) is 6.03. The molecule has 0 aromatic carbocycles. The first-order chi connectivity index (χ1) is 8.27. The number of rotatable bonds is 4. The molecule has 17 heavy (non-hydrogen) atoms. The average Bonchev–Trinajstić information content (AvgIpc) is 2.81. The highest BCUT2D eigenvalue weighted by molar-refractivity contribution is 7.99. The predicted octanol–water partition coefficient (Wildman–Crippen LogP) is 0.455. The molecule has 1 aromatic heterocycles. The first kappa shape index (κ1) is 12.9. The number of likely N-dealkylation sites (N-methyl/N-ethyl adjacent to an activating group) is 1. The monoisotopic (exact) mass is 255 g/mol. The molecule has 0 radical (unpaired) electrons. The minimum atomic E-state index is 0.0998. The summed E-state index contributed by atoms with van der Waals surface area (Å²) in [6.07, 6.45) is 3.86. The quantitative estimate of drug-likeness (QED) is 0.604. The number of imidazole rings is 1. The zero-order valence-corrected chi connectivity index (χ0v) is 11.3. The van der Waals surface area contributed by atoms with Gasteiger partial charge in [-0.1, -0.05) is 0 Å². The topological polar surface area (TPSA) is 59.1 Å². The van der Waals surface area contributed by atoms with Gasteiger partial charge in [0.2, 0.25) is 0 Å². The van der Waals surface area contributed by atoms with E-state index in [2.05, 4.69) is 33.8 Å². The maximum atomic E-state index is 5.74. The van der Waals surface area contributed by atoms with Crippen molar-refractivity contribution in [2.24, 2.45) is 5.84 Å². The van der Waals surface area contributed by atoms with Gasteiger partial charge in [-0.3, -0.25) is 10.7 Å². The van der Waals surface area contributed by atoms with Crippen LogP contribution < -0.4 is 11.3 Å². The van der Waals surface area contributed by atoms with Crippen molar-refractivity contribution in [3.05, 3.63) is 18.2 Å². The van der Waals surface area contributed by atoms with Gasteiger partial charge >= 0.3 is 0 Å². The molecule has 1 aliphatic rings. The standard InChI is InChI=1S/C11H21N5S/c1-3-16-5-4-13-11(16)10(14-12)9-8-17-7-6-15(9)2/h4-5,9-10,14H,3,6-8,12H2,1-2H3. The molecular weight excluding hydrogens is 234 g/mol. The number of hydrogen-bond donors (Lipinski definition) is 2. The molecule has 0 amide bonds.